The second-order valence-electron chi connectivity index (χ2n) is 2.95. The molecule has 0 aliphatic carbocycles. The molecule has 0 aromatic carbocycles. The first-order valence-corrected chi connectivity index (χ1v) is 4.22. The summed E-state index contributed by atoms with van der Waals surface area (Å²) >= 11 is 0. The van der Waals surface area contributed by atoms with E-state index in [9.17, 15) is 22.8 Å². The Bertz CT molecular complexity index is 456. The summed E-state index contributed by atoms with van der Waals surface area (Å²) in [6, 6.07) is 0.662. The third-order valence-corrected chi connectivity index (χ3v) is 1.90. The van der Waals surface area contributed by atoms with Gasteiger partial charge in [-0.1, -0.05) is 0 Å². The zero-order valence-corrected chi connectivity index (χ0v) is 8.22. The van der Waals surface area contributed by atoms with Gasteiger partial charge in [0.2, 0.25) is 5.95 Å². The molecular weight excluding hydrogens is 227 g/mol. The van der Waals surface area contributed by atoms with Gasteiger partial charge in [-0.3, -0.25) is 14.6 Å². The lowest BCUT2D eigenvalue weighted by molar-refractivity contribution is -0.139. The monoisotopic (exact) mass is 235 g/mol. The number of pyridine rings is 1. The van der Waals surface area contributed by atoms with Gasteiger partial charge in [0, 0.05) is 5.56 Å². The van der Waals surface area contributed by atoms with Gasteiger partial charge < -0.3 is 4.74 Å². The van der Waals surface area contributed by atoms with Crippen LogP contribution >= 0.6 is 0 Å². The van der Waals surface area contributed by atoms with Crippen molar-refractivity contribution in [3.8, 4) is 0 Å². The number of aromatic nitrogens is 1. The topological polar surface area (TPSA) is 59.2 Å². The molecule has 0 aliphatic rings. The molecule has 1 aromatic heterocycles. The van der Waals surface area contributed by atoms with Gasteiger partial charge in [-0.25, -0.2) is 8.78 Å². The first-order valence-electron chi connectivity index (χ1n) is 4.22. The maximum atomic E-state index is 12.8. The number of rotatable bonds is 3. The molecule has 0 radical (unpaired) electrons. The van der Waals surface area contributed by atoms with Crippen LogP contribution in [0.4, 0.5) is 13.2 Å². The molecule has 0 amide bonds. The molecule has 0 saturated heterocycles. The minimum atomic E-state index is -3.06. The Balaban J connectivity index is 3.15. The Morgan fingerprint density at radius 3 is 2.69 bits per heavy atom. The predicted molar refractivity (Wildman–Crippen MR) is 47.7 cm³/mol. The molecule has 0 fully saturated rings. The van der Waals surface area contributed by atoms with E-state index in [0.717, 1.165) is 7.11 Å². The highest BCUT2D eigenvalue weighted by molar-refractivity contribution is 5.72. The lowest BCUT2D eigenvalue weighted by atomic mass is 10.1. The Kier molecular flexibility index (Phi) is 3.70. The van der Waals surface area contributed by atoms with E-state index in [1.165, 1.54) is 0 Å². The number of halogens is 3. The van der Waals surface area contributed by atoms with E-state index in [4.69, 9.17) is 0 Å². The number of esters is 1. The fourth-order valence-electron chi connectivity index (χ4n) is 1.09. The zero-order valence-electron chi connectivity index (χ0n) is 8.22. The number of hydrogen-bond donors (Lipinski definition) is 1. The maximum absolute atomic E-state index is 12.8. The third-order valence-electron chi connectivity index (χ3n) is 1.90. The van der Waals surface area contributed by atoms with Crippen molar-refractivity contribution in [2.45, 2.75) is 12.8 Å². The average Bonchev–Trinajstić information content (AvgIpc) is 2.21. The van der Waals surface area contributed by atoms with Crippen LogP contribution in [0.1, 0.15) is 17.6 Å². The summed E-state index contributed by atoms with van der Waals surface area (Å²) in [5.41, 5.74) is -2.13. The van der Waals surface area contributed by atoms with Crippen LogP contribution in [0.15, 0.2) is 10.9 Å². The van der Waals surface area contributed by atoms with Crippen molar-refractivity contribution in [3.05, 3.63) is 33.5 Å². The Labute approximate surface area is 88.0 Å². The van der Waals surface area contributed by atoms with E-state index in [1.807, 2.05) is 0 Å². The number of ether oxygens (including phenoxy) is 1. The van der Waals surface area contributed by atoms with Gasteiger partial charge in [0.25, 0.3) is 12.0 Å². The molecule has 1 heterocycles. The first kappa shape index (κ1) is 12.3. The molecule has 7 heteroatoms. The van der Waals surface area contributed by atoms with Gasteiger partial charge in [0.1, 0.15) is 0 Å². The summed E-state index contributed by atoms with van der Waals surface area (Å²) < 4.78 is 41.7. The molecule has 0 bridgehead atoms. The van der Waals surface area contributed by atoms with E-state index < -0.39 is 35.9 Å². The van der Waals surface area contributed by atoms with Crippen LogP contribution in [0.3, 0.4) is 0 Å². The van der Waals surface area contributed by atoms with Crippen molar-refractivity contribution in [3.63, 3.8) is 0 Å². The van der Waals surface area contributed by atoms with E-state index >= 15 is 0 Å². The van der Waals surface area contributed by atoms with Crippen molar-refractivity contribution in [2.24, 2.45) is 0 Å². The summed E-state index contributed by atoms with van der Waals surface area (Å²) in [6.45, 7) is 0. The molecule has 1 N–H and O–H groups in total. The molecule has 16 heavy (non-hydrogen) atoms. The summed E-state index contributed by atoms with van der Waals surface area (Å²) in [7, 11) is 1.09. The summed E-state index contributed by atoms with van der Waals surface area (Å²) in [5.74, 6) is -2.16. The SMILES string of the molecule is COC(=O)Cc1cc(C(F)F)c(F)[nH]c1=O. The van der Waals surface area contributed by atoms with Gasteiger partial charge in [0.05, 0.1) is 19.1 Å². The number of carbonyl (C=O) groups is 1. The number of aromatic amines is 1. The van der Waals surface area contributed by atoms with Crippen LogP contribution < -0.4 is 5.56 Å². The number of carbonyl (C=O) groups excluding carboxylic acids is 1. The molecule has 0 aliphatic heterocycles. The largest absolute Gasteiger partial charge is 0.469 e. The molecule has 4 nitrogen and oxygen atoms in total. The van der Waals surface area contributed by atoms with Crippen molar-refractivity contribution in [2.75, 3.05) is 7.11 Å². The molecule has 88 valence electrons. The Morgan fingerprint density at radius 1 is 1.56 bits per heavy atom. The smallest absolute Gasteiger partial charge is 0.310 e. The van der Waals surface area contributed by atoms with Gasteiger partial charge in [-0.15, -0.1) is 0 Å². The van der Waals surface area contributed by atoms with Gasteiger partial charge in [-0.05, 0) is 6.07 Å². The highest BCUT2D eigenvalue weighted by Gasteiger charge is 2.18. The molecule has 1 rings (SSSR count). The first-order chi connectivity index (χ1) is 7.45. The molecule has 1 aromatic rings. The van der Waals surface area contributed by atoms with Crippen LogP contribution in [0.25, 0.3) is 0 Å². The van der Waals surface area contributed by atoms with Gasteiger partial charge >= 0.3 is 5.97 Å². The van der Waals surface area contributed by atoms with Crippen LogP contribution in [-0.2, 0) is 16.0 Å². The summed E-state index contributed by atoms with van der Waals surface area (Å²) in [4.78, 5) is 23.6. The lowest BCUT2D eigenvalue weighted by Gasteiger charge is -2.04. The number of hydrogen-bond acceptors (Lipinski definition) is 3. The van der Waals surface area contributed by atoms with Crippen molar-refractivity contribution in [1.29, 1.82) is 0 Å². The fourth-order valence-corrected chi connectivity index (χ4v) is 1.09. The van der Waals surface area contributed by atoms with Crippen LogP contribution in [-0.4, -0.2) is 18.1 Å². The second kappa shape index (κ2) is 4.82. The average molecular weight is 235 g/mol. The second-order valence-corrected chi connectivity index (χ2v) is 2.95. The molecule has 0 spiro atoms. The summed E-state index contributed by atoms with van der Waals surface area (Å²) in [6.07, 6.45) is -3.54. The third kappa shape index (κ3) is 2.62. The molecule has 0 atom stereocenters. The van der Waals surface area contributed by atoms with Crippen molar-refractivity contribution >= 4 is 5.97 Å². The maximum Gasteiger partial charge on any atom is 0.310 e. The number of nitrogens with one attached hydrogen (secondary N) is 1. The quantitative estimate of drug-likeness (QED) is 0.631. The molecule has 0 unspecified atom stereocenters. The fraction of sp³-hybridized carbons (Fsp3) is 0.333. The number of H-pyrrole nitrogens is 1. The highest BCUT2D eigenvalue weighted by Crippen LogP contribution is 2.20. The molecular formula is C9H8F3NO3. The standard InChI is InChI=1S/C9H8F3NO3/c1-16-6(14)3-4-2-5(7(10)11)8(12)13-9(4)15/h2,7H,3H2,1H3,(H,13,15). The highest BCUT2D eigenvalue weighted by atomic mass is 19.3. The number of alkyl halides is 2. The van der Waals surface area contributed by atoms with Crippen molar-refractivity contribution < 1.29 is 22.7 Å². The van der Waals surface area contributed by atoms with E-state index in [0.29, 0.717) is 6.07 Å². The minimum absolute atomic E-state index is 0.261. The van der Waals surface area contributed by atoms with Gasteiger partial charge in [0.15, 0.2) is 0 Å². The predicted octanol–water partition coefficient (Wildman–Crippen LogP) is 1.17. The van der Waals surface area contributed by atoms with Crippen LogP contribution in [0.2, 0.25) is 0 Å². The normalized spacial score (nSPS) is 10.6. The van der Waals surface area contributed by atoms with Crippen LogP contribution in [0.5, 0.6) is 0 Å². The Hall–Kier alpha value is -1.79. The van der Waals surface area contributed by atoms with Crippen LogP contribution in [0, 0.1) is 5.95 Å². The van der Waals surface area contributed by atoms with Crippen molar-refractivity contribution in [1.82, 2.24) is 4.98 Å². The molecule has 0 saturated carbocycles. The summed E-state index contributed by atoms with van der Waals surface area (Å²) in [5, 5.41) is 0. The number of methoxy groups -OCH3 is 1. The van der Waals surface area contributed by atoms with E-state index in [-0.39, 0.29) is 5.56 Å². The Morgan fingerprint density at radius 2 is 2.19 bits per heavy atom. The lowest BCUT2D eigenvalue weighted by Crippen LogP contribution is -2.19. The van der Waals surface area contributed by atoms with Gasteiger partial charge in [-0.2, -0.15) is 4.39 Å². The van der Waals surface area contributed by atoms with E-state index in [2.05, 4.69) is 4.74 Å². The zero-order chi connectivity index (χ0) is 12.3. The van der Waals surface area contributed by atoms with E-state index in [1.54, 1.807) is 4.98 Å². The minimum Gasteiger partial charge on any atom is -0.469 e.